The van der Waals surface area contributed by atoms with Crippen LogP contribution >= 0.6 is 13.0 Å². The van der Waals surface area contributed by atoms with Crippen LogP contribution in [-0.4, -0.2) is 0 Å². The predicted octanol–water partition coefficient (Wildman–Crippen LogP) is 0.227. The molecule has 0 bridgehead atoms. The third kappa shape index (κ3) is 47.6. The molecule has 2 N–H and O–H groups in total. The molecular formula is CH3FN2S. The second kappa shape index (κ2) is 72.6. The summed E-state index contributed by atoms with van der Waals surface area (Å²) in [7, 11) is 0. The van der Waals surface area contributed by atoms with Gasteiger partial charge < -0.3 is 5.73 Å². The average Bonchev–Trinajstić information content (AvgIpc) is 1.46. The first kappa shape index (κ1) is 8.82. The van der Waals surface area contributed by atoms with E-state index in [9.17, 15) is 3.89 Å². The van der Waals surface area contributed by atoms with Gasteiger partial charge in [0.1, 0.15) is 0 Å². The molecule has 0 atom stereocenters. The van der Waals surface area contributed by atoms with E-state index in [-0.39, 0.29) is 0 Å². The lowest BCUT2D eigenvalue weighted by molar-refractivity contribution is 0.957. The van der Waals surface area contributed by atoms with E-state index in [1.54, 1.807) is 0 Å². The molecule has 0 aliphatic carbocycles. The molecule has 2 nitrogen and oxygen atoms in total. The van der Waals surface area contributed by atoms with Crippen molar-refractivity contribution in [2.75, 3.05) is 0 Å². The Bertz CT molecular complexity index is 31.1. The highest BCUT2D eigenvalue weighted by molar-refractivity contribution is 7.74. The van der Waals surface area contributed by atoms with Crippen molar-refractivity contribution in [3.8, 4) is 6.19 Å². The molecule has 0 spiro atoms. The van der Waals surface area contributed by atoms with E-state index in [4.69, 9.17) is 5.26 Å². The Morgan fingerprint density at radius 1 is 1.80 bits per heavy atom. The van der Waals surface area contributed by atoms with Gasteiger partial charge in [-0.3, -0.25) is 0 Å². The van der Waals surface area contributed by atoms with Gasteiger partial charge in [0.15, 0.2) is 6.19 Å². The SMILES string of the molecule is FS.N#CN. The van der Waals surface area contributed by atoms with Gasteiger partial charge >= 0.3 is 0 Å². The minimum absolute atomic E-state index is 1.25. The van der Waals surface area contributed by atoms with E-state index in [0.717, 1.165) is 0 Å². The van der Waals surface area contributed by atoms with E-state index in [1.807, 2.05) is 13.0 Å². The molecule has 0 aromatic heterocycles. The highest BCUT2D eigenvalue weighted by Gasteiger charge is 1.12. The first-order valence-electron chi connectivity index (χ1n) is 0.681. The number of hydrogen-bond acceptors (Lipinski definition) is 3. The summed E-state index contributed by atoms with van der Waals surface area (Å²) in [6, 6.07) is 0. The Labute approximate surface area is 35.1 Å². The largest absolute Gasteiger partial charge is 0.337 e. The number of halogens is 1. The zero-order valence-corrected chi connectivity index (χ0v) is 3.24. The summed E-state index contributed by atoms with van der Waals surface area (Å²) in [6.45, 7) is 0. The highest BCUT2D eigenvalue weighted by Crippen LogP contribution is 1.54. The molecule has 0 rings (SSSR count). The first-order chi connectivity index (χ1) is 2.41. The molecular weight excluding hydrogens is 91.1 g/mol. The molecule has 0 heterocycles. The molecule has 5 heavy (non-hydrogen) atoms. The molecule has 0 saturated carbocycles. The maximum Gasteiger partial charge on any atom is 0.173 e. The van der Waals surface area contributed by atoms with Crippen LogP contribution in [0.25, 0.3) is 0 Å². The van der Waals surface area contributed by atoms with Crippen molar-refractivity contribution in [2.45, 2.75) is 0 Å². The van der Waals surface area contributed by atoms with Gasteiger partial charge in [0.2, 0.25) is 0 Å². The molecule has 0 saturated heterocycles. The number of nitrogens with two attached hydrogens (primary N) is 1. The molecule has 0 aliphatic heterocycles. The Morgan fingerprint density at radius 2 is 1.80 bits per heavy atom. The Kier molecular flexibility index (Phi) is 128. The quantitative estimate of drug-likeness (QED) is 0.256. The average molecular weight is 94.1 g/mol. The Hall–Kier alpha value is -0.430. The zero-order chi connectivity index (χ0) is 4.71. The van der Waals surface area contributed by atoms with Gasteiger partial charge in [0, 0.05) is 13.0 Å². The van der Waals surface area contributed by atoms with Crippen molar-refractivity contribution >= 4 is 13.0 Å². The predicted molar refractivity (Wildman–Crippen MR) is 19.9 cm³/mol. The minimum atomic E-state index is 1.25. The van der Waals surface area contributed by atoms with E-state index in [0.29, 0.717) is 0 Å². The van der Waals surface area contributed by atoms with Crippen LogP contribution in [0, 0.1) is 11.5 Å². The van der Waals surface area contributed by atoms with Crippen molar-refractivity contribution in [1.29, 1.82) is 5.26 Å². The maximum absolute atomic E-state index is 9.19. The van der Waals surface area contributed by atoms with Gasteiger partial charge in [0.25, 0.3) is 0 Å². The summed E-state index contributed by atoms with van der Waals surface area (Å²) in [6.07, 6.45) is 1.25. The summed E-state index contributed by atoms with van der Waals surface area (Å²) in [5.41, 5.74) is 4.15. The van der Waals surface area contributed by atoms with E-state index in [2.05, 4.69) is 5.73 Å². The van der Waals surface area contributed by atoms with Crippen molar-refractivity contribution in [3.05, 3.63) is 0 Å². The van der Waals surface area contributed by atoms with Gasteiger partial charge in [-0.25, -0.2) is 0 Å². The van der Waals surface area contributed by atoms with Crippen LogP contribution in [0.5, 0.6) is 0 Å². The van der Waals surface area contributed by atoms with Crippen molar-refractivity contribution < 1.29 is 3.89 Å². The molecule has 0 radical (unpaired) electrons. The van der Waals surface area contributed by atoms with Crippen molar-refractivity contribution in [2.24, 2.45) is 5.73 Å². The molecule has 4 heteroatoms. The Morgan fingerprint density at radius 3 is 1.80 bits per heavy atom. The maximum atomic E-state index is 9.19. The standard InChI is InChI=1S/CH2N2.FHS/c2-1-3;1-2/h2H2;2H. The fourth-order valence-corrected chi connectivity index (χ4v) is 0. The fraction of sp³-hybridized carbons (Fsp3) is 0. The molecule has 0 unspecified atom stereocenters. The molecule has 0 fully saturated rings. The second-order valence-corrected chi connectivity index (χ2v) is 0.129. The molecule has 30 valence electrons. The van der Waals surface area contributed by atoms with Crippen LogP contribution in [0.15, 0.2) is 0 Å². The number of nitriles is 1. The van der Waals surface area contributed by atoms with Crippen molar-refractivity contribution in [3.63, 3.8) is 0 Å². The van der Waals surface area contributed by atoms with Gasteiger partial charge in [-0.15, -0.1) is 0 Å². The summed E-state index contributed by atoms with van der Waals surface area (Å²) in [5, 5.41) is 7.10. The lowest BCUT2D eigenvalue weighted by Crippen LogP contribution is -1.69. The highest BCUT2D eigenvalue weighted by atomic mass is 32.1. The number of hydrogen-bond donors (Lipinski definition) is 2. The van der Waals surface area contributed by atoms with Crippen LogP contribution < -0.4 is 5.73 Å². The molecule has 0 amide bonds. The number of rotatable bonds is 0. The van der Waals surface area contributed by atoms with Gasteiger partial charge in [0.05, 0.1) is 0 Å². The lowest BCUT2D eigenvalue weighted by atomic mass is 11.5. The summed E-state index contributed by atoms with van der Waals surface area (Å²) in [5.74, 6) is 0. The van der Waals surface area contributed by atoms with Crippen LogP contribution in [0.3, 0.4) is 0 Å². The minimum Gasteiger partial charge on any atom is -0.337 e. The van der Waals surface area contributed by atoms with Crippen molar-refractivity contribution in [1.82, 2.24) is 0 Å². The summed E-state index contributed by atoms with van der Waals surface area (Å²) >= 11 is 2.03. The smallest absolute Gasteiger partial charge is 0.173 e. The van der Waals surface area contributed by atoms with Gasteiger partial charge in [-0.05, 0) is 0 Å². The normalized spacial score (nSPS) is 2.60. The molecule has 0 aromatic carbocycles. The lowest BCUT2D eigenvalue weighted by Gasteiger charge is -1.24. The Balaban J connectivity index is 0. The second-order valence-electron chi connectivity index (χ2n) is 0.129. The monoisotopic (exact) mass is 94.0 g/mol. The molecule has 0 aliphatic rings. The van der Waals surface area contributed by atoms with E-state index < -0.39 is 0 Å². The molecule has 0 aromatic rings. The van der Waals surface area contributed by atoms with Crippen LogP contribution in [0.2, 0.25) is 0 Å². The van der Waals surface area contributed by atoms with Crippen LogP contribution in [0.4, 0.5) is 3.89 Å². The van der Waals surface area contributed by atoms with E-state index >= 15 is 0 Å². The van der Waals surface area contributed by atoms with Crippen LogP contribution in [-0.2, 0) is 0 Å². The van der Waals surface area contributed by atoms with E-state index in [1.165, 1.54) is 6.19 Å². The third-order valence-corrected chi connectivity index (χ3v) is 0. The number of nitrogens with zero attached hydrogens (tertiary/aromatic N) is 1. The summed E-state index contributed by atoms with van der Waals surface area (Å²) < 4.78 is 9.19. The van der Waals surface area contributed by atoms with Gasteiger partial charge in [-0.2, -0.15) is 9.15 Å². The topological polar surface area (TPSA) is 49.8 Å². The summed E-state index contributed by atoms with van der Waals surface area (Å²) in [4.78, 5) is 0. The first-order valence-corrected chi connectivity index (χ1v) is 1.02. The third-order valence-electron chi connectivity index (χ3n) is 0. The zero-order valence-electron chi connectivity index (χ0n) is 2.35. The van der Waals surface area contributed by atoms with Gasteiger partial charge in [-0.1, -0.05) is 0 Å². The van der Waals surface area contributed by atoms with Crippen LogP contribution in [0.1, 0.15) is 0 Å². The fourth-order valence-electron chi connectivity index (χ4n) is 0. The number of thiol groups is 1.